The Kier molecular flexibility index (Phi) is 4.53. The van der Waals surface area contributed by atoms with Crippen LogP contribution in [0.3, 0.4) is 0 Å². The molecule has 1 aliphatic rings. The van der Waals surface area contributed by atoms with Crippen LogP contribution >= 0.6 is 0 Å². The first-order chi connectivity index (χ1) is 12.3. The number of likely N-dealkylation sites (tertiary alicyclic amines) is 1. The highest BCUT2D eigenvalue weighted by atomic mass is 16.1. The Morgan fingerprint density at radius 3 is 2.52 bits per heavy atom. The van der Waals surface area contributed by atoms with E-state index in [1.54, 1.807) is 0 Å². The SMILES string of the molecule is O=C(NC1CCN(Cc2ccccc2)CC1)c1cc2ccccc2[nH]1. The molecule has 1 aliphatic heterocycles. The molecule has 2 aromatic carbocycles. The van der Waals surface area contributed by atoms with Crippen molar-refractivity contribution < 1.29 is 4.79 Å². The van der Waals surface area contributed by atoms with E-state index in [0.29, 0.717) is 5.69 Å². The first-order valence-electron chi connectivity index (χ1n) is 8.93. The highest BCUT2D eigenvalue weighted by Crippen LogP contribution is 2.17. The number of piperidine rings is 1. The number of carbonyl (C=O) groups is 1. The van der Waals surface area contributed by atoms with Gasteiger partial charge in [0.2, 0.25) is 0 Å². The van der Waals surface area contributed by atoms with Crippen LogP contribution in [0.2, 0.25) is 0 Å². The molecule has 1 amide bonds. The van der Waals surface area contributed by atoms with Crippen LogP contribution in [0.1, 0.15) is 28.9 Å². The second-order valence-electron chi connectivity index (χ2n) is 6.78. The number of aromatic nitrogens is 1. The van der Waals surface area contributed by atoms with Crippen molar-refractivity contribution in [2.24, 2.45) is 0 Å². The summed E-state index contributed by atoms with van der Waals surface area (Å²) < 4.78 is 0. The highest BCUT2D eigenvalue weighted by molar-refractivity contribution is 5.98. The van der Waals surface area contributed by atoms with Crippen molar-refractivity contribution in [1.29, 1.82) is 0 Å². The van der Waals surface area contributed by atoms with Crippen molar-refractivity contribution in [2.75, 3.05) is 13.1 Å². The van der Waals surface area contributed by atoms with Gasteiger partial charge in [0.25, 0.3) is 5.91 Å². The van der Waals surface area contributed by atoms with Gasteiger partial charge >= 0.3 is 0 Å². The molecule has 0 unspecified atom stereocenters. The molecule has 128 valence electrons. The van der Waals surface area contributed by atoms with Gasteiger partial charge in [-0.2, -0.15) is 0 Å². The van der Waals surface area contributed by atoms with Crippen LogP contribution < -0.4 is 5.32 Å². The molecule has 1 saturated heterocycles. The molecule has 2 heterocycles. The van der Waals surface area contributed by atoms with Gasteiger partial charge in [0.1, 0.15) is 5.69 Å². The Morgan fingerprint density at radius 1 is 1.04 bits per heavy atom. The largest absolute Gasteiger partial charge is 0.351 e. The van der Waals surface area contributed by atoms with E-state index in [2.05, 4.69) is 45.5 Å². The van der Waals surface area contributed by atoms with E-state index in [1.165, 1.54) is 5.56 Å². The van der Waals surface area contributed by atoms with Crippen LogP contribution in [0.15, 0.2) is 60.7 Å². The summed E-state index contributed by atoms with van der Waals surface area (Å²) in [5, 5.41) is 4.26. The van der Waals surface area contributed by atoms with Gasteiger partial charge in [-0.05, 0) is 30.5 Å². The number of fused-ring (bicyclic) bond motifs is 1. The highest BCUT2D eigenvalue weighted by Gasteiger charge is 2.21. The van der Waals surface area contributed by atoms with E-state index in [9.17, 15) is 4.79 Å². The maximum atomic E-state index is 12.5. The molecule has 4 heteroatoms. The monoisotopic (exact) mass is 333 g/mol. The third-order valence-electron chi connectivity index (χ3n) is 4.95. The number of benzene rings is 2. The molecule has 3 aromatic rings. The second kappa shape index (κ2) is 7.11. The summed E-state index contributed by atoms with van der Waals surface area (Å²) in [6.07, 6.45) is 2.00. The van der Waals surface area contributed by atoms with Crippen LogP contribution in [-0.2, 0) is 6.54 Å². The Balaban J connectivity index is 1.31. The smallest absolute Gasteiger partial charge is 0.267 e. The lowest BCUT2D eigenvalue weighted by Crippen LogP contribution is -2.44. The number of amides is 1. The van der Waals surface area contributed by atoms with Gasteiger partial charge in [-0.25, -0.2) is 0 Å². The Labute approximate surface area is 147 Å². The summed E-state index contributed by atoms with van der Waals surface area (Å²) in [7, 11) is 0. The van der Waals surface area contributed by atoms with Gasteiger partial charge in [0.15, 0.2) is 0 Å². The molecule has 0 bridgehead atoms. The number of H-pyrrole nitrogens is 1. The number of carbonyl (C=O) groups excluding carboxylic acids is 1. The molecule has 1 fully saturated rings. The van der Waals surface area contributed by atoms with Crippen LogP contribution in [0, 0.1) is 0 Å². The molecule has 2 N–H and O–H groups in total. The number of para-hydroxylation sites is 1. The van der Waals surface area contributed by atoms with E-state index < -0.39 is 0 Å². The van der Waals surface area contributed by atoms with E-state index in [4.69, 9.17) is 0 Å². The average molecular weight is 333 g/mol. The maximum Gasteiger partial charge on any atom is 0.267 e. The zero-order valence-electron chi connectivity index (χ0n) is 14.2. The van der Waals surface area contributed by atoms with Gasteiger partial charge in [-0.3, -0.25) is 9.69 Å². The Hall–Kier alpha value is -2.59. The van der Waals surface area contributed by atoms with Crippen molar-refractivity contribution >= 4 is 16.8 Å². The molecule has 25 heavy (non-hydrogen) atoms. The fraction of sp³-hybridized carbons (Fsp3) is 0.286. The standard InChI is InChI=1S/C21H23N3O/c25-21(20-14-17-8-4-5-9-19(17)23-20)22-18-10-12-24(13-11-18)15-16-6-2-1-3-7-16/h1-9,14,18,23H,10-13,15H2,(H,22,25). The van der Waals surface area contributed by atoms with Gasteiger partial charge in [0.05, 0.1) is 0 Å². The Morgan fingerprint density at radius 2 is 1.76 bits per heavy atom. The number of rotatable bonds is 4. The van der Waals surface area contributed by atoms with E-state index in [-0.39, 0.29) is 11.9 Å². The quantitative estimate of drug-likeness (QED) is 0.767. The minimum atomic E-state index is -0.00212. The fourth-order valence-corrected chi connectivity index (χ4v) is 3.54. The predicted molar refractivity (Wildman–Crippen MR) is 101 cm³/mol. The Bertz CT molecular complexity index is 815. The lowest BCUT2D eigenvalue weighted by atomic mass is 10.0. The van der Waals surface area contributed by atoms with Crippen LogP contribution in [-0.4, -0.2) is 34.9 Å². The predicted octanol–water partition coefficient (Wildman–Crippen LogP) is 3.56. The molecule has 0 radical (unpaired) electrons. The first kappa shape index (κ1) is 15.9. The normalized spacial score (nSPS) is 16.2. The van der Waals surface area contributed by atoms with Gasteiger partial charge < -0.3 is 10.3 Å². The van der Waals surface area contributed by atoms with Gasteiger partial charge in [-0.15, -0.1) is 0 Å². The summed E-state index contributed by atoms with van der Waals surface area (Å²) in [6.45, 7) is 3.03. The summed E-state index contributed by atoms with van der Waals surface area (Å²) in [4.78, 5) is 18.2. The van der Waals surface area contributed by atoms with Gasteiger partial charge in [0, 0.05) is 36.6 Å². The molecular formula is C21H23N3O. The number of nitrogens with one attached hydrogen (secondary N) is 2. The van der Waals surface area contributed by atoms with Crippen molar-refractivity contribution in [1.82, 2.24) is 15.2 Å². The summed E-state index contributed by atoms with van der Waals surface area (Å²) >= 11 is 0. The number of nitrogens with zero attached hydrogens (tertiary/aromatic N) is 1. The lowest BCUT2D eigenvalue weighted by Gasteiger charge is -2.32. The summed E-state index contributed by atoms with van der Waals surface area (Å²) in [5.74, 6) is -0.00212. The number of hydrogen-bond acceptors (Lipinski definition) is 2. The van der Waals surface area contributed by atoms with E-state index >= 15 is 0 Å². The van der Waals surface area contributed by atoms with E-state index in [0.717, 1.165) is 43.4 Å². The maximum absolute atomic E-state index is 12.5. The minimum Gasteiger partial charge on any atom is -0.351 e. The molecule has 4 nitrogen and oxygen atoms in total. The molecule has 0 saturated carbocycles. The number of aromatic amines is 1. The first-order valence-corrected chi connectivity index (χ1v) is 8.93. The van der Waals surface area contributed by atoms with Crippen molar-refractivity contribution in [3.8, 4) is 0 Å². The summed E-state index contributed by atoms with van der Waals surface area (Å²) in [6, 6.07) is 20.7. The van der Waals surface area contributed by atoms with E-state index in [1.807, 2.05) is 30.3 Å². The summed E-state index contributed by atoms with van der Waals surface area (Å²) in [5.41, 5.74) is 3.00. The zero-order chi connectivity index (χ0) is 17.1. The molecule has 0 spiro atoms. The third-order valence-corrected chi connectivity index (χ3v) is 4.95. The van der Waals surface area contributed by atoms with Gasteiger partial charge in [-0.1, -0.05) is 48.5 Å². The van der Waals surface area contributed by atoms with Crippen LogP contribution in [0.4, 0.5) is 0 Å². The molecule has 4 rings (SSSR count). The number of hydrogen-bond donors (Lipinski definition) is 2. The van der Waals surface area contributed by atoms with Crippen LogP contribution in [0.25, 0.3) is 10.9 Å². The van der Waals surface area contributed by atoms with Crippen molar-refractivity contribution in [3.05, 3.63) is 71.9 Å². The third kappa shape index (κ3) is 3.74. The topological polar surface area (TPSA) is 48.1 Å². The molecule has 0 aliphatic carbocycles. The zero-order valence-corrected chi connectivity index (χ0v) is 14.2. The fourth-order valence-electron chi connectivity index (χ4n) is 3.54. The van der Waals surface area contributed by atoms with Crippen LogP contribution in [0.5, 0.6) is 0 Å². The average Bonchev–Trinajstić information content (AvgIpc) is 3.09. The molecular weight excluding hydrogens is 310 g/mol. The molecule has 1 aromatic heterocycles. The lowest BCUT2D eigenvalue weighted by molar-refractivity contribution is 0.0904. The minimum absolute atomic E-state index is 0.00212. The molecule has 0 atom stereocenters. The second-order valence-corrected chi connectivity index (χ2v) is 6.78. The van der Waals surface area contributed by atoms with Crippen molar-refractivity contribution in [3.63, 3.8) is 0 Å². The van der Waals surface area contributed by atoms with Crippen molar-refractivity contribution in [2.45, 2.75) is 25.4 Å².